The molecule has 0 radical (unpaired) electrons. The first-order valence-corrected chi connectivity index (χ1v) is 6.52. The third-order valence-corrected chi connectivity index (χ3v) is 3.43. The quantitative estimate of drug-likeness (QED) is 0.659. The molecule has 0 amide bonds. The highest BCUT2D eigenvalue weighted by Crippen LogP contribution is 2.22. The van der Waals surface area contributed by atoms with E-state index in [2.05, 4.69) is 30.9 Å². The normalized spacial score (nSPS) is 10.3. The molecule has 0 heterocycles. The summed E-state index contributed by atoms with van der Waals surface area (Å²) in [5.74, 6) is 0. The number of likely N-dealkylation sites (N-methyl/N-ethyl adjacent to an activating group) is 2. The molecule has 1 rings (SSSR count). The monoisotopic (exact) mass is 434 g/mol. The first-order chi connectivity index (χ1) is 7.99. The molecule has 2 nitrogen and oxygen atoms in total. The van der Waals surface area contributed by atoms with Crippen LogP contribution in [-0.4, -0.2) is 50.6 Å². The van der Waals surface area contributed by atoms with E-state index in [9.17, 15) is 0 Å². The van der Waals surface area contributed by atoms with Gasteiger partial charge in [0, 0.05) is 19.6 Å². The fourth-order valence-corrected chi connectivity index (χ4v) is 1.82. The van der Waals surface area contributed by atoms with Gasteiger partial charge in [-0.05, 0) is 45.3 Å². The standard InChI is InChI=1S/C13H20Cl2N2.2BrH/c1-16(2)8-9-17(3)7-6-11-4-5-12(14)13(15)10-11;;/h4-5,10H,6-9H2,1-3H3;2*1H. The Morgan fingerprint density at radius 2 is 1.53 bits per heavy atom. The van der Waals surface area contributed by atoms with Crippen LogP contribution in [0.15, 0.2) is 18.2 Å². The lowest BCUT2D eigenvalue weighted by atomic mass is 10.1. The Labute approximate surface area is 147 Å². The van der Waals surface area contributed by atoms with Crippen molar-refractivity contribution in [3.8, 4) is 0 Å². The molecule has 6 heteroatoms. The Morgan fingerprint density at radius 3 is 2.05 bits per heavy atom. The molecular formula is C13H22Br2Cl2N2. The largest absolute Gasteiger partial charge is 0.308 e. The zero-order valence-corrected chi connectivity index (χ0v) is 16.5. The molecule has 0 spiro atoms. The second kappa shape index (κ2) is 11.4. The average Bonchev–Trinajstić information content (AvgIpc) is 2.28. The molecule has 112 valence electrons. The van der Waals surface area contributed by atoms with E-state index in [-0.39, 0.29) is 34.0 Å². The maximum Gasteiger partial charge on any atom is 0.0595 e. The van der Waals surface area contributed by atoms with Crippen LogP contribution in [0.1, 0.15) is 5.56 Å². The van der Waals surface area contributed by atoms with Crippen LogP contribution in [0.5, 0.6) is 0 Å². The van der Waals surface area contributed by atoms with E-state index in [0.717, 1.165) is 26.1 Å². The number of halogens is 4. The van der Waals surface area contributed by atoms with E-state index < -0.39 is 0 Å². The maximum atomic E-state index is 5.98. The van der Waals surface area contributed by atoms with Crippen molar-refractivity contribution < 1.29 is 0 Å². The summed E-state index contributed by atoms with van der Waals surface area (Å²) < 4.78 is 0. The molecule has 0 aliphatic carbocycles. The van der Waals surface area contributed by atoms with Crippen LogP contribution in [-0.2, 0) is 6.42 Å². The van der Waals surface area contributed by atoms with Gasteiger partial charge in [-0.2, -0.15) is 0 Å². The number of nitrogens with zero attached hydrogens (tertiary/aromatic N) is 2. The molecule has 0 aliphatic heterocycles. The lowest BCUT2D eigenvalue weighted by Crippen LogP contribution is -2.30. The molecule has 0 aromatic heterocycles. The van der Waals surface area contributed by atoms with Crippen molar-refractivity contribution in [3.63, 3.8) is 0 Å². The minimum Gasteiger partial charge on any atom is -0.308 e. The molecule has 19 heavy (non-hydrogen) atoms. The molecule has 0 aliphatic rings. The van der Waals surface area contributed by atoms with Crippen molar-refractivity contribution in [3.05, 3.63) is 33.8 Å². The van der Waals surface area contributed by atoms with Crippen LogP contribution in [0.2, 0.25) is 10.0 Å². The Bertz CT molecular complexity index is 362. The van der Waals surface area contributed by atoms with E-state index in [4.69, 9.17) is 23.2 Å². The van der Waals surface area contributed by atoms with E-state index in [0.29, 0.717) is 10.0 Å². The number of rotatable bonds is 6. The van der Waals surface area contributed by atoms with Gasteiger partial charge in [0.1, 0.15) is 0 Å². The third kappa shape index (κ3) is 9.27. The molecule has 0 saturated carbocycles. The van der Waals surface area contributed by atoms with Crippen LogP contribution in [0.25, 0.3) is 0 Å². The van der Waals surface area contributed by atoms with E-state index in [1.54, 1.807) is 0 Å². The second-order valence-corrected chi connectivity index (χ2v) is 5.42. The fraction of sp³-hybridized carbons (Fsp3) is 0.538. The molecule has 0 unspecified atom stereocenters. The Hall–Kier alpha value is 0.680. The Kier molecular flexibility index (Phi) is 13.1. The molecule has 0 saturated heterocycles. The van der Waals surface area contributed by atoms with Crippen molar-refractivity contribution in [2.75, 3.05) is 40.8 Å². The lowest BCUT2D eigenvalue weighted by molar-refractivity contribution is 0.284. The molecular weight excluding hydrogens is 415 g/mol. The smallest absolute Gasteiger partial charge is 0.0595 e. The first-order valence-electron chi connectivity index (χ1n) is 5.76. The summed E-state index contributed by atoms with van der Waals surface area (Å²) in [6.45, 7) is 3.19. The zero-order valence-electron chi connectivity index (χ0n) is 11.5. The Morgan fingerprint density at radius 1 is 0.895 bits per heavy atom. The van der Waals surface area contributed by atoms with Gasteiger partial charge in [-0.15, -0.1) is 34.0 Å². The van der Waals surface area contributed by atoms with Crippen LogP contribution >= 0.6 is 57.2 Å². The summed E-state index contributed by atoms with van der Waals surface area (Å²) in [5.41, 5.74) is 1.23. The zero-order chi connectivity index (χ0) is 12.8. The fourth-order valence-electron chi connectivity index (χ4n) is 1.50. The van der Waals surface area contributed by atoms with Gasteiger partial charge < -0.3 is 9.80 Å². The first kappa shape index (κ1) is 22.0. The summed E-state index contributed by atoms with van der Waals surface area (Å²) in [5, 5.41) is 1.26. The van der Waals surface area contributed by atoms with Crippen LogP contribution in [0, 0.1) is 0 Å². The van der Waals surface area contributed by atoms with E-state index in [1.165, 1.54) is 5.56 Å². The highest BCUT2D eigenvalue weighted by atomic mass is 79.9. The summed E-state index contributed by atoms with van der Waals surface area (Å²) in [6, 6.07) is 5.84. The van der Waals surface area contributed by atoms with Crippen LogP contribution in [0.4, 0.5) is 0 Å². The predicted molar refractivity (Wildman–Crippen MR) is 96.9 cm³/mol. The number of benzene rings is 1. The second-order valence-electron chi connectivity index (χ2n) is 4.61. The average molecular weight is 437 g/mol. The predicted octanol–water partition coefficient (Wildman–Crippen LogP) is 4.19. The lowest BCUT2D eigenvalue weighted by Gasteiger charge is -2.19. The van der Waals surface area contributed by atoms with Gasteiger partial charge in [-0.25, -0.2) is 0 Å². The summed E-state index contributed by atoms with van der Waals surface area (Å²) in [6.07, 6.45) is 1.00. The van der Waals surface area contributed by atoms with Gasteiger partial charge >= 0.3 is 0 Å². The van der Waals surface area contributed by atoms with Crippen molar-refractivity contribution in [1.29, 1.82) is 0 Å². The molecule has 1 aromatic rings. The van der Waals surface area contributed by atoms with Crippen molar-refractivity contribution in [2.24, 2.45) is 0 Å². The Balaban J connectivity index is 0. The summed E-state index contributed by atoms with van der Waals surface area (Å²) in [7, 11) is 6.32. The van der Waals surface area contributed by atoms with Crippen molar-refractivity contribution in [1.82, 2.24) is 9.80 Å². The van der Waals surface area contributed by atoms with Gasteiger partial charge in [-0.3, -0.25) is 0 Å². The highest BCUT2D eigenvalue weighted by Gasteiger charge is 2.02. The van der Waals surface area contributed by atoms with Gasteiger partial charge in [0.05, 0.1) is 10.0 Å². The maximum absolute atomic E-state index is 5.98. The van der Waals surface area contributed by atoms with Gasteiger partial charge in [0.15, 0.2) is 0 Å². The molecule has 0 atom stereocenters. The number of hydrogen-bond acceptors (Lipinski definition) is 2. The van der Waals surface area contributed by atoms with E-state index >= 15 is 0 Å². The molecule has 0 fully saturated rings. The third-order valence-electron chi connectivity index (χ3n) is 2.70. The molecule has 1 aromatic carbocycles. The SMILES string of the molecule is Br.Br.CN(C)CCN(C)CCc1ccc(Cl)c(Cl)c1. The van der Waals surface area contributed by atoms with Crippen LogP contribution < -0.4 is 0 Å². The summed E-state index contributed by atoms with van der Waals surface area (Å²) >= 11 is 11.9. The number of hydrogen-bond donors (Lipinski definition) is 0. The minimum absolute atomic E-state index is 0. The highest BCUT2D eigenvalue weighted by molar-refractivity contribution is 8.93. The van der Waals surface area contributed by atoms with Crippen LogP contribution in [0.3, 0.4) is 0 Å². The summed E-state index contributed by atoms with van der Waals surface area (Å²) in [4.78, 5) is 4.51. The van der Waals surface area contributed by atoms with Gasteiger partial charge in [0.25, 0.3) is 0 Å². The van der Waals surface area contributed by atoms with Crippen molar-refractivity contribution in [2.45, 2.75) is 6.42 Å². The minimum atomic E-state index is 0. The van der Waals surface area contributed by atoms with Gasteiger partial charge in [0.2, 0.25) is 0 Å². The van der Waals surface area contributed by atoms with Crippen molar-refractivity contribution >= 4 is 57.2 Å². The van der Waals surface area contributed by atoms with E-state index in [1.807, 2.05) is 18.2 Å². The molecule has 0 bridgehead atoms. The molecule has 0 N–H and O–H groups in total. The topological polar surface area (TPSA) is 6.48 Å². The van der Waals surface area contributed by atoms with Gasteiger partial charge in [-0.1, -0.05) is 29.3 Å².